The monoisotopic (exact) mass is 487 g/mol. The summed E-state index contributed by atoms with van der Waals surface area (Å²) in [5, 5.41) is 8.23. The molecule has 0 radical (unpaired) electrons. The second-order valence-electron chi connectivity index (χ2n) is 8.55. The van der Waals surface area contributed by atoms with Gasteiger partial charge in [0.2, 0.25) is 10.0 Å². The van der Waals surface area contributed by atoms with Crippen molar-refractivity contribution < 1.29 is 22.5 Å². The summed E-state index contributed by atoms with van der Waals surface area (Å²) in [7, 11) is -2.37. The molecule has 1 aliphatic carbocycles. The number of sulfonamides is 1. The molecular weight excluding hydrogens is 462 g/mol. The van der Waals surface area contributed by atoms with Crippen LogP contribution in [0.1, 0.15) is 33.8 Å². The van der Waals surface area contributed by atoms with E-state index < -0.39 is 21.6 Å². The number of methoxy groups -OCH3 is 1. The third kappa shape index (κ3) is 3.81. The molecular formula is C22H25N5O6S. The Bertz CT molecular complexity index is 1440. The summed E-state index contributed by atoms with van der Waals surface area (Å²) in [6.07, 6.45) is 2.97. The zero-order valence-electron chi connectivity index (χ0n) is 19.0. The van der Waals surface area contributed by atoms with Crippen LogP contribution in [0, 0.1) is 6.92 Å². The molecule has 12 heteroatoms. The van der Waals surface area contributed by atoms with Crippen molar-refractivity contribution in [3.63, 3.8) is 0 Å². The summed E-state index contributed by atoms with van der Waals surface area (Å²) in [6, 6.07) is 5.42. The van der Waals surface area contributed by atoms with Gasteiger partial charge in [0.1, 0.15) is 5.76 Å². The van der Waals surface area contributed by atoms with E-state index in [-0.39, 0.29) is 36.4 Å². The quantitative estimate of drug-likeness (QED) is 0.483. The van der Waals surface area contributed by atoms with Crippen molar-refractivity contribution in [3.05, 3.63) is 51.1 Å². The molecule has 0 spiro atoms. The number of aryl methyl sites for hydroxylation is 3. The minimum absolute atomic E-state index is 0.00530. The Balaban J connectivity index is 1.33. The van der Waals surface area contributed by atoms with E-state index >= 15 is 0 Å². The molecule has 3 heterocycles. The zero-order valence-corrected chi connectivity index (χ0v) is 19.8. The molecule has 1 fully saturated rings. The first kappa shape index (κ1) is 22.7. The van der Waals surface area contributed by atoms with Crippen molar-refractivity contribution in [2.45, 2.75) is 37.8 Å². The molecule has 3 aromatic rings. The van der Waals surface area contributed by atoms with Gasteiger partial charge < -0.3 is 9.26 Å². The largest absolute Gasteiger partial charge is 0.464 e. The third-order valence-electron chi connectivity index (χ3n) is 6.51. The molecule has 0 amide bonds. The summed E-state index contributed by atoms with van der Waals surface area (Å²) in [5.74, 6) is -0.396. The van der Waals surface area contributed by atoms with E-state index in [2.05, 4.69) is 10.3 Å². The number of rotatable bonds is 5. The fraction of sp³-hybridized carbons (Fsp3) is 0.455. The number of carbonyl (C=O) groups is 1. The first-order chi connectivity index (χ1) is 16.3. The normalized spacial score (nSPS) is 17.2. The lowest BCUT2D eigenvalue weighted by molar-refractivity contribution is 0.0590. The molecule has 1 saturated heterocycles. The van der Waals surface area contributed by atoms with Gasteiger partial charge in [-0.05, 0) is 49.4 Å². The van der Waals surface area contributed by atoms with Crippen LogP contribution >= 0.6 is 0 Å². The predicted molar refractivity (Wildman–Crippen MR) is 121 cm³/mol. The maximum Gasteiger partial charge on any atom is 0.359 e. The van der Waals surface area contributed by atoms with E-state index in [1.54, 1.807) is 19.1 Å². The molecule has 5 rings (SSSR count). The highest BCUT2D eigenvalue weighted by molar-refractivity contribution is 7.89. The van der Waals surface area contributed by atoms with Gasteiger partial charge in [-0.1, -0.05) is 11.2 Å². The van der Waals surface area contributed by atoms with Crippen molar-refractivity contribution in [2.75, 3.05) is 33.3 Å². The standard InChI is InChI=1S/C22H25N5O6S/c1-14-18-19(24-33-14)21(28)27(23-20(18)22(29)32-2)13-25-8-10-26(11-9-25)34(30,31)17-7-6-15-4-3-5-16(15)12-17/h6-7,12H,3-5,8-11,13H2,1-2H3. The van der Waals surface area contributed by atoms with Crippen LogP contribution in [0.2, 0.25) is 0 Å². The first-order valence-electron chi connectivity index (χ1n) is 11.1. The number of hydrogen-bond acceptors (Lipinski definition) is 9. The maximum atomic E-state index is 13.2. The highest BCUT2D eigenvalue weighted by Crippen LogP contribution is 2.27. The van der Waals surface area contributed by atoms with Crippen LogP contribution in [-0.2, 0) is 34.3 Å². The lowest BCUT2D eigenvalue weighted by Gasteiger charge is -2.33. The van der Waals surface area contributed by atoms with Gasteiger partial charge in [-0.25, -0.2) is 17.9 Å². The Morgan fingerprint density at radius 2 is 1.88 bits per heavy atom. The van der Waals surface area contributed by atoms with Gasteiger partial charge in [0.25, 0.3) is 5.56 Å². The Morgan fingerprint density at radius 3 is 2.62 bits per heavy atom. The van der Waals surface area contributed by atoms with Crippen molar-refractivity contribution in [2.24, 2.45) is 0 Å². The molecule has 0 N–H and O–H groups in total. The number of aromatic nitrogens is 3. The summed E-state index contributed by atoms with van der Waals surface area (Å²) >= 11 is 0. The van der Waals surface area contributed by atoms with Crippen LogP contribution in [0.15, 0.2) is 32.4 Å². The van der Waals surface area contributed by atoms with Crippen molar-refractivity contribution in [1.82, 2.24) is 24.1 Å². The Kier molecular flexibility index (Phi) is 5.74. The number of benzene rings is 1. The van der Waals surface area contributed by atoms with Gasteiger partial charge >= 0.3 is 5.97 Å². The molecule has 0 saturated carbocycles. The van der Waals surface area contributed by atoms with E-state index in [4.69, 9.17) is 9.26 Å². The molecule has 11 nitrogen and oxygen atoms in total. The zero-order chi connectivity index (χ0) is 24.0. The molecule has 180 valence electrons. The van der Waals surface area contributed by atoms with Crippen molar-refractivity contribution in [3.8, 4) is 0 Å². The first-order valence-corrected chi connectivity index (χ1v) is 12.5. The van der Waals surface area contributed by atoms with Gasteiger partial charge in [-0.15, -0.1) is 0 Å². The van der Waals surface area contributed by atoms with Crippen LogP contribution in [-0.4, -0.2) is 71.8 Å². The van der Waals surface area contributed by atoms with Gasteiger partial charge in [-0.3, -0.25) is 9.69 Å². The van der Waals surface area contributed by atoms with Crippen molar-refractivity contribution in [1.29, 1.82) is 0 Å². The van der Waals surface area contributed by atoms with E-state index in [0.29, 0.717) is 23.7 Å². The van der Waals surface area contributed by atoms with Gasteiger partial charge in [0.05, 0.1) is 24.1 Å². The number of carbonyl (C=O) groups excluding carboxylic acids is 1. The highest BCUT2D eigenvalue weighted by atomic mass is 32.2. The number of piperazine rings is 1. The lowest BCUT2D eigenvalue weighted by Crippen LogP contribution is -2.50. The smallest absolute Gasteiger partial charge is 0.359 e. The second kappa shape index (κ2) is 8.60. The minimum atomic E-state index is -3.60. The molecule has 0 unspecified atom stereocenters. The Hall–Kier alpha value is -3.09. The maximum absolute atomic E-state index is 13.2. The third-order valence-corrected chi connectivity index (χ3v) is 8.40. The van der Waals surface area contributed by atoms with Gasteiger partial charge in [0, 0.05) is 26.2 Å². The number of esters is 1. The summed E-state index contributed by atoms with van der Waals surface area (Å²) in [6.45, 7) is 3.04. The Morgan fingerprint density at radius 1 is 1.15 bits per heavy atom. The lowest BCUT2D eigenvalue weighted by atomic mass is 10.1. The molecule has 1 aliphatic heterocycles. The summed E-state index contributed by atoms with van der Waals surface area (Å²) in [4.78, 5) is 27.3. The van der Waals surface area contributed by atoms with Crippen LogP contribution in [0.25, 0.3) is 10.9 Å². The number of fused-ring (bicyclic) bond motifs is 2. The van der Waals surface area contributed by atoms with Gasteiger partial charge in [0.15, 0.2) is 11.2 Å². The number of nitrogens with zero attached hydrogens (tertiary/aromatic N) is 5. The second-order valence-corrected chi connectivity index (χ2v) is 10.5. The van der Waals surface area contributed by atoms with Crippen LogP contribution in [0.5, 0.6) is 0 Å². The molecule has 2 aromatic heterocycles. The summed E-state index contributed by atoms with van der Waals surface area (Å²) in [5.41, 5.74) is 1.81. The van der Waals surface area contributed by atoms with Crippen molar-refractivity contribution >= 4 is 26.9 Å². The minimum Gasteiger partial charge on any atom is -0.464 e. The average Bonchev–Trinajstić information content (AvgIpc) is 3.47. The molecule has 34 heavy (non-hydrogen) atoms. The van der Waals surface area contributed by atoms with Crippen LogP contribution in [0.4, 0.5) is 0 Å². The topological polar surface area (TPSA) is 128 Å². The SMILES string of the molecule is COC(=O)c1nn(CN2CCN(S(=O)(=O)c3ccc4c(c3)CCC4)CC2)c(=O)c2noc(C)c12. The molecule has 1 aromatic carbocycles. The average molecular weight is 488 g/mol. The fourth-order valence-corrected chi connectivity index (χ4v) is 6.10. The van der Waals surface area contributed by atoms with Gasteiger partial charge in [-0.2, -0.15) is 9.40 Å². The van der Waals surface area contributed by atoms with E-state index in [1.807, 2.05) is 11.0 Å². The number of ether oxygens (including phenoxy) is 1. The molecule has 0 bridgehead atoms. The fourth-order valence-electron chi connectivity index (χ4n) is 4.63. The molecule has 0 atom stereocenters. The number of hydrogen-bond donors (Lipinski definition) is 0. The summed E-state index contributed by atoms with van der Waals surface area (Å²) < 4.78 is 38.9. The highest BCUT2D eigenvalue weighted by Gasteiger charge is 2.30. The van der Waals surface area contributed by atoms with Crippen LogP contribution in [0.3, 0.4) is 0 Å². The van der Waals surface area contributed by atoms with Crippen LogP contribution < -0.4 is 5.56 Å². The predicted octanol–water partition coefficient (Wildman–Crippen LogP) is 0.932. The van der Waals surface area contributed by atoms with E-state index in [9.17, 15) is 18.0 Å². The van der Waals surface area contributed by atoms with E-state index in [0.717, 1.165) is 29.5 Å². The Labute approximate surface area is 195 Å². The van der Waals surface area contributed by atoms with E-state index in [1.165, 1.54) is 17.0 Å². The molecule has 2 aliphatic rings.